The van der Waals surface area contributed by atoms with Crippen LogP contribution in [0.15, 0.2) is 72.8 Å². The molecule has 34 heavy (non-hydrogen) atoms. The largest absolute Gasteiger partial charge is 0.508 e. The molecular weight excluding hydrogens is 452 g/mol. The van der Waals surface area contributed by atoms with Gasteiger partial charge in [-0.3, -0.25) is 4.55 Å². The molecule has 186 valence electrons. The Balaban J connectivity index is 0.000000331. The topological polar surface area (TPSA) is 115 Å². The fraction of sp³-hybridized carbons (Fsp3) is 0.333. The Morgan fingerprint density at radius 1 is 0.647 bits per heavy atom. The third-order valence-electron chi connectivity index (χ3n) is 4.65. The van der Waals surface area contributed by atoms with E-state index < -0.39 is 15.9 Å². The Hall–Kier alpha value is -3.03. The second-order valence-electron chi connectivity index (χ2n) is 9.94. The lowest BCUT2D eigenvalue weighted by molar-refractivity contribution is 0.422. The number of phenols is 3. The summed E-state index contributed by atoms with van der Waals surface area (Å²) in [7, 11) is -4.10. The van der Waals surface area contributed by atoms with Crippen LogP contribution in [0.25, 0.3) is 0 Å². The van der Waals surface area contributed by atoms with Crippen LogP contribution < -0.4 is 0 Å². The molecule has 0 aliphatic heterocycles. The second kappa shape index (κ2) is 11.9. The van der Waals surface area contributed by atoms with Crippen LogP contribution in [0.1, 0.15) is 58.2 Å². The summed E-state index contributed by atoms with van der Waals surface area (Å²) in [4.78, 5) is 0. The highest BCUT2D eigenvalue weighted by Gasteiger charge is 2.27. The van der Waals surface area contributed by atoms with Crippen molar-refractivity contribution in [3.8, 4) is 17.2 Å². The average molecular weight is 489 g/mol. The van der Waals surface area contributed by atoms with Crippen molar-refractivity contribution >= 4 is 10.1 Å². The van der Waals surface area contributed by atoms with E-state index in [1.165, 1.54) is 0 Å². The Labute approximate surface area is 203 Å². The summed E-state index contributed by atoms with van der Waals surface area (Å²) in [6, 6.07) is 20.7. The number of hydrogen-bond donors (Lipinski definition) is 4. The van der Waals surface area contributed by atoms with Crippen molar-refractivity contribution in [2.75, 3.05) is 0 Å². The molecule has 0 spiro atoms. The van der Waals surface area contributed by atoms with E-state index in [1.54, 1.807) is 60.7 Å². The number of phenolic OH excluding ortho intramolecular Hbond substituents is 3. The molecule has 7 heteroatoms. The highest BCUT2D eigenvalue weighted by molar-refractivity contribution is 7.85. The van der Waals surface area contributed by atoms with Gasteiger partial charge in [0.2, 0.25) is 0 Å². The molecular formula is C27H36O6S. The van der Waals surface area contributed by atoms with E-state index >= 15 is 0 Å². The van der Waals surface area contributed by atoms with Crippen LogP contribution in [-0.2, 0) is 26.7 Å². The predicted molar refractivity (Wildman–Crippen MR) is 137 cm³/mol. The third kappa shape index (κ3) is 10.7. The van der Waals surface area contributed by atoms with Crippen molar-refractivity contribution in [3.63, 3.8) is 0 Å². The molecule has 6 nitrogen and oxygen atoms in total. The van der Waals surface area contributed by atoms with Gasteiger partial charge in [0.15, 0.2) is 0 Å². The summed E-state index contributed by atoms with van der Waals surface area (Å²) in [5.74, 6) is 0.397. The van der Waals surface area contributed by atoms with Crippen molar-refractivity contribution in [1.29, 1.82) is 0 Å². The first kappa shape index (κ1) is 29.0. The van der Waals surface area contributed by atoms with Crippen molar-refractivity contribution < 1.29 is 28.3 Å². The molecule has 0 fully saturated rings. The zero-order chi connectivity index (χ0) is 26.2. The molecule has 0 saturated heterocycles. The molecule has 0 bridgehead atoms. The Bertz CT molecular complexity index is 1050. The van der Waals surface area contributed by atoms with Gasteiger partial charge < -0.3 is 15.3 Å². The molecule has 4 N–H and O–H groups in total. The molecule has 0 amide bonds. The maximum absolute atomic E-state index is 11.1. The Morgan fingerprint density at radius 2 is 0.971 bits per heavy atom. The maximum Gasteiger partial charge on any atom is 0.269 e. The van der Waals surface area contributed by atoms with E-state index in [1.807, 2.05) is 53.7 Å². The van der Waals surface area contributed by atoms with Gasteiger partial charge in [0.05, 0.1) is 0 Å². The van der Waals surface area contributed by atoms with Gasteiger partial charge in [0.1, 0.15) is 23.0 Å². The number of rotatable bonds is 2. The first-order valence-corrected chi connectivity index (χ1v) is 12.4. The molecule has 0 saturated carbocycles. The summed E-state index contributed by atoms with van der Waals surface area (Å²) >= 11 is 0. The first-order chi connectivity index (χ1) is 15.5. The van der Waals surface area contributed by atoms with E-state index in [4.69, 9.17) is 14.8 Å². The van der Waals surface area contributed by atoms with Gasteiger partial charge >= 0.3 is 0 Å². The van der Waals surface area contributed by atoms with Crippen LogP contribution in [0, 0.1) is 0 Å². The van der Waals surface area contributed by atoms with Gasteiger partial charge in [-0.15, -0.1) is 0 Å². The normalized spacial score (nSPS) is 11.5. The quantitative estimate of drug-likeness (QED) is 0.321. The lowest BCUT2D eigenvalue weighted by atomic mass is 9.78. The predicted octanol–water partition coefficient (Wildman–Crippen LogP) is 6.16. The van der Waals surface area contributed by atoms with E-state index in [-0.39, 0.29) is 16.6 Å². The first-order valence-electron chi connectivity index (χ1n) is 10.8. The lowest BCUT2D eigenvalue weighted by Crippen LogP contribution is -2.18. The SMILES string of the molecule is CC(C)(C)c1cc(CS(=O)(=O)O)cc(C(C)(C)C)c1O.Oc1ccccc1.Oc1ccccc1. The fourth-order valence-electron chi connectivity index (χ4n) is 2.99. The summed E-state index contributed by atoms with van der Waals surface area (Å²) in [5.41, 5.74) is 1.21. The highest BCUT2D eigenvalue weighted by atomic mass is 32.2. The second-order valence-corrected chi connectivity index (χ2v) is 11.4. The minimum Gasteiger partial charge on any atom is -0.508 e. The molecule has 3 rings (SSSR count). The van der Waals surface area contributed by atoms with Crippen molar-refractivity contribution in [1.82, 2.24) is 0 Å². The van der Waals surface area contributed by atoms with Gasteiger partial charge in [-0.2, -0.15) is 8.42 Å². The molecule has 3 aromatic rings. The van der Waals surface area contributed by atoms with Crippen LogP contribution in [0.5, 0.6) is 17.2 Å². The van der Waals surface area contributed by atoms with Gasteiger partial charge in [-0.05, 0) is 51.8 Å². The number of hydrogen-bond acceptors (Lipinski definition) is 5. The number of para-hydroxylation sites is 2. The zero-order valence-electron chi connectivity index (χ0n) is 20.6. The molecule has 0 radical (unpaired) electrons. The van der Waals surface area contributed by atoms with Crippen molar-refractivity contribution in [3.05, 3.63) is 89.5 Å². The minimum atomic E-state index is -4.10. The van der Waals surface area contributed by atoms with Crippen LogP contribution in [-0.4, -0.2) is 28.3 Å². The average Bonchev–Trinajstić information content (AvgIpc) is 2.68. The third-order valence-corrected chi connectivity index (χ3v) is 5.35. The van der Waals surface area contributed by atoms with E-state index in [0.29, 0.717) is 28.2 Å². The summed E-state index contributed by atoms with van der Waals surface area (Å²) in [6.45, 7) is 11.7. The maximum atomic E-state index is 11.1. The number of aromatic hydroxyl groups is 3. The smallest absolute Gasteiger partial charge is 0.269 e. The van der Waals surface area contributed by atoms with E-state index in [2.05, 4.69) is 0 Å². The minimum absolute atomic E-state index is 0.198. The molecule has 0 heterocycles. The number of benzene rings is 3. The van der Waals surface area contributed by atoms with E-state index in [0.717, 1.165) is 0 Å². The van der Waals surface area contributed by atoms with Crippen molar-refractivity contribution in [2.45, 2.75) is 58.1 Å². The molecule has 0 aliphatic carbocycles. The fourth-order valence-corrected chi connectivity index (χ4v) is 3.58. The van der Waals surface area contributed by atoms with Gasteiger partial charge in [0.25, 0.3) is 10.1 Å². The lowest BCUT2D eigenvalue weighted by Gasteiger charge is -2.28. The van der Waals surface area contributed by atoms with Gasteiger partial charge in [0, 0.05) is 0 Å². The summed E-state index contributed by atoms with van der Waals surface area (Å²) in [6.07, 6.45) is 0. The van der Waals surface area contributed by atoms with Gasteiger partial charge in [-0.25, -0.2) is 0 Å². The molecule has 0 unspecified atom stereocenters. The van der Waals surface area contributed by atoms with E-state index in [9.17, 15) is 13.5 Å². The van der Waals surface area contributed by atoms with Crippen LogP contribution in [0.3, 0.4) is 0 Å². The molecule has 0 aromatic heterocycles. The molecule has 0 atom stereocenters. The monoisotopic (exact) mass is 488 g/mol. The molecule has 0 aliphatic rings. The summed E-state index contributed by atoms with van der Waals surface area (Å²) < 4.78 is 31.2. The van der Waals surface area contributed by atoms with Crippen LogP contribution in [0.4, 0.5) is 0 Å². The summed E-state index contributed by atoms with van der Waals surface area (Å²) in [5, 5.41) is 27.7. The highest BCUT2D eigenvalue weighted by Crippen LogP contribution is 2.40. The Kier molecular flexibility index (Phi) is 10.2. The van der Waals surface area contributed by atoms with Crippen LogP contribution in [0.2, 0.25) is 0 Å². The molecule has 3 aromatic carbocycles. The van der Waals surface area contributed by atoms with Crippen molar-refractivity contribution in [2.24, 2.45) is 0 Å². The standard InChI is InChI=1S/C15H24O4S.2C6H6O/c1-14(2,3)11-7-10(9-20(17,18)19)8-12(13(11)16)15(4,5)6;2*7-6-4-2-1-3-5-6/h7-8,16H,9H2,1-6H3,(H,17,18,19);2*1-5,7H. The van der Waals surface area contributed by atoms with Gasteiger partial charge in [-0.1, -0.05) is 90.1 Å². The Morgan fingerprint density at radius 3 is 1.18 bits per heavy atom. The zero-order valence-corrected chi connectivity index (χ0v) is 21.5. The van der Waals surface area contributed by atoms with Crippen LogP contribution >= 0.6 is 0 Å².